The summed E-state index contributed by atoms with van der Waals surface area (Å²) in [6.45, 7) is 0. The van der Waals surface area contributed by atoms with Crippen LogP contribution in [0.3, 0.4) is 0 Å². The molecule has 1 aromatic heterocycles. The van der Waals surface area contributed by atoms with Crippen molar-refractivity contribution in [3.63, 3.8) is 0 Å². The molecule has 4 nitrogen and oxygen atoms in total. The van der Waals surface area contributed by atoms with E-state index in [1.54, 1.807) is 25.4 Å². The lowest BCUT2D eigenvalue weighted by Crippen LogP contribution is -1.93. The number of fused-ring (bicyclic) bond motifs is 1. The van der Waals surface area contributed by atoms with Crippen molar-refractivity contribution in [3.8, 4) is 17.4 Å². The number of rotatable bonds is 3. The fourth-order valence-corrected chi connectivity index (χ4v) is 2.44. The third kappa shape index (κ3) is 2.64. The summed E-state index contributed by atoms with van der Waals surface area (Å²) in [5.74, 6) is 1.92. The molecule has 0 aliphatic rings. The normalized spacial score (nSPS) is 10.6. The van der Waals surface area contributed by atoms with Gasteiger partial charge in [-0.1, -0.05) is 6.07 Å². The third-order valence-corrected chi connectivity index (χ3v) is 3.77. The van der Waals surface area contributed by atoms with Crippen molar-refractivity contribution in [2.45, 2.75) is 0 Å². The molecule has 0 atom stereocenters. The van der Waals surface area contributed by atoms with Gasteiger partial charge in [-0.3, -0.25) is 0 Å². The lowest BCUT2D eigenvalue weighted by atomic mass is 10.1. The number of ether oxygens (including phenoxy) is 2. The average Bonchev–Trinajstić information content (AvgIpc) is 2.50. The van der Waals surface area contributed by atoms with Gasteiger partial charge in [0.05, 0.1) is 11.6 Å². The molecule has 5 heteroatoms. The van der Waals surface area contributed by atoms with Crippen molar-refractivity contribution in [1.29, 1.82) is 0 Å². The molecule has 0 saturated carbocycles. The van der Waals surface area contributed by atoms with E-state index in [1.165, 1.54) is 0 Å². The van der Waals surface area contributed by atoms with Gasteiger partial charge in [-0.15, -0.1) is 0 Å². The summed E-state index contributed by atoms with van der Waals surface area (Å²) in [6.07, 6.45) is 1.69. The molecule has 0 unspecified atom stereocenters. The first-order valence-electron chi connectivity index (χ1n) is 6.33. The quantitative estimate of drug-likeness (QED) is 0.716. The molecule has 0 radical (unpaired) electrons. The monoisotopic (exact) mass is 344 g/mol. The molecule has 0 saturated heterocycles. The van der Waals surface area contributed by atoms with Crippen LogP contribution in [0.25, 0.3) is 10.8 Å². The molecule has 106 valence electrons. The van der Waals surface area contributed by atoms with E-state index in [0.29, 0.717) is 17.3 Å². The lowest BCUT2D eigenvalue weighted by molar-refractivity contribution is 0.419. The van der Waals surface area contributed by atoms with Crippen LogP contribution in [0.2, 0.25) is 0 Å². The zero-order valence-electron chi connectivity index (χ0n) is 11.3. The number of methoxy groups -OCH3 is 1. The summed E-state index contributed by atoms with van der Waals surface area (Å²) in [5.41, 5.74) is 6.43. The minimum Gasteiger partial charge on any atom is -0.496 e. The number of benzene rings is 2. The Morgan fingerprint density at radius 2 is 1.90 bits per heavy atom. The molecule has 0 spiro atoms. The summed E-state index contributed by atoms with van der Waals surface area (Å²) in [7, 11) is 1.64. The van der Waals surface area contributed by atoms with Gasteiger partial charge in [-0.2, -0.15) is 0 Å². The molecular formula is C16H13BrN2O2. The zero-order chi connectivity index (χ0) is 14.8. The van der Waals surface area contributed by atoms with Crippen molar-refractivity contribution >= 4 is 32.4 Å². The van der Waals surface area contributed by atoms with Crippen LogP contribution in [0, 0.1) is 0 Å². The Morgan fingerprint density at radius 1 is 1.05 bits per heavy atom. The Hall–Kier alpha value is -2.27. The lowest BCUT2D eigenvalue weighted by Gasteiger charge is -2.11. The Bertz CT molecular complexity index is 805. The van der Waals surface area contributed by atoms with Gasteiger partial charge in [0, 0.05) is 28.7 Å². The van der Waals surface area contributed by atoms with Crippen molar-refractivity contribution in [1.82, 2.24) is 4.98 Å². The number of hydrogen-bond donors (Lipinski definition) is 1. The van der Waals surface area contributed by atoms with Crippen LogP contribution in [-0.2, 0) is 0 Å². The van der Waals surface area contributed by atoms with Crippen LogP contribution in [-0.4, -0.2) is 12.1 Å². The first-order valence-corrected chi connectivity index (χ1v) is 7.13. The van der Waals surface area contributed by atoms with E-state index in [1.807, 2.05) is 30.3 Å². The van der Waals surface area contributed by atoms with E-state index in [0.717, 1.165) is 21.0 Å². The van der Waals surface area contributed by atoms with Crippen molar-refractivity contribution < 1.29 is 9.47 Å². The van der Waals surface area contributed by atoms with Crippen molar-refractivity contribution in [2.75, 3.05) is 12.8 Å². The number of nitrogen functional groups attached to an aromatic ring is 1. The second-order valence-corrected chi connectivity index (χ2v) is 5.32. The second-order valence-electron chi connectivity index (χ2n) is 4.46. The van der Waals surface area contributed by atoms with Gasteiger partial charge in [-0.25, -0.2) is 4.98 Å². The number of halogens is 1. The molecule has 3 aromatic rings. The molecule has 1 heterocycles. The first kappa shape index (κ1) is 13.7. The number of nitrogens with two attached hydrogens (primary N) is 1. The van der Waals surface area contributed by atoms with Crippen LogP contribution in [0.1, 0.15) is 0 Å². The van der Waals surface area contributed by atoms with E-state index >= 15 is 0 Å². The minimum atomic E-state index is 0.512. The number of pyridine rings is 1. The highest BCUT2D eigenvalue weighted by Crippen LogP contribution is 2.35. The summed E-state index contributed by atoms with van der Waals surface area (Å²) in [5, 5.41) is 1.83. The minimum absolute atomic E-state index is 0.512. The summed E-state index contributed by atoms with van der Waals surface area (Å²) in [6, 6.07) is 13.1. The van der Waals surface area contributed by atoms with Crippen molar-refractivity contribution in [2.24, 2.45) is 0 Å². The molecule has 0 fully saturated rings. The second kappa shape index (κ2) is 5.61. The molecule has 2 N–H and O–H groups in total. The molecule has 3 rings (SSSR count). The Morgan fingerprint density at radius 3 is 2.71 bits per heavy atom. The Kier molecular flexibility index (Phi) is 3.66. The fraction of sp³-hybridized carbons (Fsp3) is 0.0625. The summed E-state index contributed by atoms with van der Waals surface area (Å²) in [4.78, 5) is 4.31. The van der Waals surface area contributed by atoms with Crippen LogP contribution in [0.15, 0.2) is 53.1 Å². The summed E-state index contributed by atoms with van der Waals surface area (Å²) < 4.78 is 12.1. The fourth-order valence-electron chi connectivity index (χ4n) is 2.11. The highest BCUT2D eigenvalue weighted by Gasteiger charge is 2.10. The topological polar surface area (TPSA) is 57.4 Å². The van der Waals surface area contributed by atoms with Gasteiger partial charge in [0.1, 0.15) is 11.5 Å². The van der Waals surface area contributed by atoms with E-state index in [9.17, 15) is 0 Å². The maximum absolute atomic E-state index is 5.91. The number of hydrogen-bond acceptors (Lipinski definition) is 4. The van der Waals surface area contributed by atoms with Crippen LogP contribution in [0.4, 0.5) is 5.69 Å². The van der Waals surface area contributed by atoms with Crippen LogP contribution < -0.4 is 15.2 Å². The van der Waals surface area contributed by atoms with Gasteiger partial charge in [0.25, 0.3) is 0 Å². The zero-order valence-corrected chi connectivity index (χ0v) is 12.9. The van der Waals surface area contributed by atoms with Gasteiger partial charge < -0.3 is 15.2 Å². The number of aromatic nitrogens is 1. The van der Waals surface area contributed by atoms with E-state index in [-0.39, 0.29) is 0 Å². The number of nitrogens with zero attached hydrogens (tertiary/aromatic N) is 1. The van der Waals surface area contributed by atoms with E-state index in [4.69, 9.17) is 15.2 Å². The molecule has 21 heavy (non-hydrogen) atoms. The Balaban J connectivity index is 2.11. The van der Waals surface area contributed by atoms with Crippen molar-refractivity contribution in [3.05, 3.63) is 53.1 Å². The van der Waals surface area contributed by atoms with E-state index < -0.39 is 0 Å². The molecule has 0 aliphatic carbocycles. The molecule has 0 bridgehead atoms. The highest BCUT2D eigenvalue weighted by atomic mass is 79.9. The molecular weight excluding hydrogens is 332 g/mol. The highest BCUT2D eigenvalue weighted by molar-refractivity contribution is 9.10. The maximum Gasteiger partial charge on any atom is 0.227 e. The molecule has 0 aliphatic heterocycles. The molecule has 0 amide bonds. The standard InChI is InChI=1S/C16H13BrN2O2/c1-20-14-4-2-3-12-11(14)7-8-19-16(12)21-15-9-10(18)5-6-13(15)17/h2-9H,18H2,1H3. The number of anilines is 1. The van der Waals surface area contributed by atoms with Crippen LogP contribution >= 0.6 is 15.9 Å². The Labute approximate surface area is 130 Å². The van der Waals surface area contributed by atoms with Gasteiger partial charge >= 0.3 is 0 Å². The van der Waals surface area contributed by atoms with Gasteiger partial charge in [0.15, 0.2) is 0 Å². The third-order valence-electron chi connectivity index (χ3n) is 3.11. The van der Waals surface area contributed by atoms with Gasteiger partial charge in [-0.05, 0) is 46.3 Å². The smallest absolute Gasteiger partial charge is 0.227 e. The average molecular weight is 345 g/mol. The molecule has 2 aromatic carbocycles. The van der Waals surface area contributed by atoms with Gasteiger partial charge in [0.2, 0.25) is 5.88 Å². The first-order chi connectivity index (χ1) is 10.2. The maximum atomic E-state index is 5.91. The predicted octanol–water partition coefficient (Wildman–Crippen LogP) is 4.38. The predicted molar refractivity (Wildman–Crippen MR) is 86.9 cm³/mol. The largest absolute Gasteiger partial charge is 0.496 e. The van der Waals surface area contributed by atoms with Crippen LogP contribution in [0.5, 0.6) is 17.4 Å². The van der Waals surface area contributed by atoms with E-state index in [2.05, 4.69) is 20.9 Å². The SMILES string of the molecule is COc1cccc2c(Oc3cc(N)ccc3Br)nccc12. The summed E-state index contributed by atoms with van der Waals surface area (Å²) >= 11 is 3.45.